The second-order valence-corrected chi connectivity index (χ2v) is 11.4. The molecule has 2 heterocycles. The van der Waals surface area contributed by atoms with Crippen LogP contribution in [0.25, 0.3) is 0 Å². The second kappa shape index (κ2) is 20.5. The Hall–Kier alpha value is -4.81. The highest BCUT2D eigenvalue weighted by atomic mass is 35.5. The van der Waals surface area contributed by atoms with Gasteiger partial charge in [-0.3, -0.25) is 0 Å². The van der Waals surface area contributed by atoms with Crippen LogP contribution >= 0.6 is 24.0 Å². The van der Waals surface area contributed by atoms with Crippen LogP contribution in [0.5, 0.6) is 0 Å². The minimum Gasteiger partial charge on any atom is -0.478 e. The number of aromatic nitrogens is 1. The summed E-state index contributed by atoms with van der Waals surface area (Å²) in [6.07, 6.45) is 4.77. The lowest BCUT2D eigenvalue weighted by Crippen LogP contribution is -2.31. The van der Waals surface area contributed by atoms with Crippen molar-refractivity contribution in [1.82, 2.24) is 9.88 Å². The van der Waals surface area contributed by atoms with E-state index in [1.165, 1.54) is 24.9 Å². The number of likely N-dealkylation sites (tertiary alicyclic amines) is 1. The van der Waals surface area contributed by atoms with Gasteiger partial charge in [0.2, 0.25) is 0 Å². The highest BCUT2D eigenvalue weighted by Gasteiger charge is 2.30. The van der Waals surface area contributed by atoms with Crippen LogP contribution in [0.15, 0.2) is 119 Å². The average molecular weight is 710 g/mol. The predicted molar refractivity (Wildman–Crippen MR) is 196 cm³/mol. The van der Waals surface area contributed by atoms with Gasteiger partial charge in [-0.1, -0.05) is 72.3 Å². The standard InChI is InChI=1S/C21H26ClNO.C11H11N5.C4H4O4.ClH/c1-21(17-7-4-3-5-8-17,18-10-12-19(22)13-11-18)24-16-14-20-9-6-15-23(20)2;12-10-7-6-9(11(13)14-10)16-15-8-4-2-1-3-5-8;5-3(6)1-2-4(7)8;/h3-5,7-8,10-13,20H,6,9,14-16H2,1-2H3;1-7H,(H4,12,13,14);1-2H,(H,5,6)(H,7,8);1H. The number of hydrogen-bond donors (Lipinski definition) is 4. The molecule has 49 heavy (non-hydrogen) atoms. The van der Waals surface area contributed by atoms with Crippen LogP contribution in [-0.2, 0) is 19.9 Å². The first-order chi connectivity index (χ1) is 23.0. The third kappa shape index (κ3) is 13.7. The third-order valence-electron chi connectivity index (χ3n) is 7.55. The molecule has 13 heteroatoms. The molecule has 260 valence electrons. The topological polar surface area (TPSA) is 177 Å². The van der Waals surface area contributed by atoms with Crippen molar-refractivity contribution in [3.05, 3.63) is 125 Å². The average Bonchev–Trinajstić information content (AvgIpc) is 3.49. The Balaban J connectivity index is 0.000000288. The minimum absolute atomic E-state index is 0. The molecule has 0 spiro atoms. The molecule has 11 nitrogen and oxygen atoms in total. The minimum atomic E-state index is -1.26. The summed E-state index contributed by atoms with van der Waals surface area (Å²) in [6.45, 7) is 4.12. The molecule has 6 N–H and O–H groups in total. The molecule has 1 aliphatic rings. The summed E-state index contributed by atoms with van der Waals surface area (Å²) in [6, 6.07) is 31.8. The molecule has 1 saturated heterocycles. The zero-order valence-electron chi connectivity index (χ0n) is 27.4. The lowest BCUT2D eigenvalue weighted by Gasteiger charge is -2.32. The van der Waals surface area contributed by atoms with Crippen molar-refractivity contribution in [1.29, 1.82) is 0 Å². The molecule has 4 aromatic rings. The van der Waals surface area contributed by atoms with Gasteiger partial charge in [-0.2, -0.15) is 5.11 Å². The number of benzene rings is 3. The van der Waals surface area contributed by atoms with Crippen molar-refractivity contribution in [2.75, 3.05) is 31.7 Å². The van der Waals surface area contributed by atoms with Gasteiger partial charge in [0.1, 0.15) is 17.1 Å². The highest BCUT2D eigenvalue weighted by Crippen LogP contribution is 2.34. The summed E-state index contributed by atoms with van der Waals surface area (Å²) in [7, 11) is 2.22. The van der Waals surface area contributed by atoms with Crippen molar-refractivity contribution >= 4 is 59.0 Å². The molecule has 1 aromatic heterocycles. The highest BCUT2D eigenvalue weighted by molar-refractivity contribution is 6.30. The lowest BCUT2D eigenvalue weighted by molar-refractivity contribution is -0.134. The summed E-state index contributed by atoms with van der Waals surface area (Å²) >= 11 is 6.07. The Kier molecular flexibility index (Phi) is 16.9. The van der Waals surface area contributed by atoms with Crippen LogP contribution in [0, 0.1) is 0 Å². The maximum absolute atomic E-state index is 9.55. The van der Waals surface area contributed by atoms with Gasteiger partial charge in [0.05, 0.1) is 5.69 Å². The molecule has 2 atom stereocenters. The zero-order chi connectivity index (χ0) is 34.9. The van der Waals surface area contributed by atoms with E-state index in [9.17, 15) is 9.59 Å². The molecular weight excluding hydrogens is 667 g/mol. The molecule has 3 aromatic carbocycles. The molecule has 0 bridgehead atoms. The number of carboxylic acids is 2. The van der Waals surface area contributed by atoms with Gasteiger partial charge in [-0.05, 0) is 87.3 Å². The Morgan fingerprint density at radius 3 is 2.02 bits per heavy atom. The molecule has 1 fully saturated rings. The number of rotatable bonds is 10. The van der Waals surface area contributed by atoms with Crippen LogP contribution in [0.4, 0.5) is 23.0 Å². The van der Waals surface area contributed by atoms with Gasteiger partial charge in [0.25, 0.3) is 0 Å². The van der Waals surface area contributed by atoms with Crippen molar-refractivity contribution in [2.24, 2.45) is 10.2 Å². The van der Waals surface area contributed by atoms with Gasteiger partial charge in [0, 0.05) is 29.8 Å². The molecule has 1 aliphatic heterocycles. The SMILES string of the molecule is CN1CCCC1CCOC(C)(c1ccccc1)c1ccc(Cl)cc1.Cl.Nc1ccc(N=Nc2ccccc2)c(N)n1.O=C(O)C=CC(=O)O. The van der Waals surface area contributed by atoms with E-state index in [1.807, 2.05) is 48.5 Å². The van der Waals surface area contributed by atoms with E-state index in [-0.39, 0.29) is 18.2 Å². The number of anilines is 2. The summed E-state index contributed by atoms with van der Waals surface area (Å²) in [4.78, 5) is 25.4. The number of nitrogen functional groups attached to an aromatic ring is 2. The summed E-state index contributed by atoms with van der Waals surface area (Å²) < 4.78 is 6.48. The summed E-state index contributed by atoms with van der Waals surface area (Å²) in [5, 5.41) is 24.4. The predicted octanol–water partition coefficient (Wildman–Crippen LogP) is 7.90. The van der Waals surface area contributed by atoms with Gasteiger partial charge < -0.3 is 31.3 Å². The number of hydrogen-bond acceptors (Lipinski definition) is 9. The van der Waals surface area contributed by atoms with Gasteiger partial charge in [-0.25, -0.2) is 14.6 Å². The Morgan fingerprint density at radius 2 is 1.49 bits per heavy atom. The maximum Gasteiger partial charge on any atom is 0.328 e. The number of nitrogens with zero attached hydrogens (tertiary/aromatic N) is 4. The number of nitrogens with two attached hydrogens (primary N) is 2. The number of carboxylic acid groups (broad SMARTS) is 2. The van der Waals surface area contributed by atoms with Gasteiger partial charge in [-0.15, -0.1) is 17.5 Å². The number of pyridine rings is 1. The van der Waals surface area contributed by atoms with Gasteiger partial charge >= 0.3 is 11.9 Å². The molecular formula is C36H42Cl2N6O5. The van der Waals surface area contributed by atoms with Crippen molar-refractivity contribution in [2.45, 2.75) is 37.8 Å². The van der Waals surface area contributed by atoms with E-state index in [1.54, 1.807) is 12.1 Å². The number of halogens is 2. The van der Waals surface area contributed by atoms with E-state index in [0.29, 0.717) is 29.7 Å². The summed E-state index contributed by atoms with van der Waals surface area (Å²) in [5.41, 5.74) is 14.2. The first kappa shape index (κ1) is 40.4. The number of azo groups is 1. The fourth-order valence-electron chi connectivity index (χ4n) is 4.92. The van der Waals surface area contributed by atoms with Crippen LogP contribution in [-0.4, -0.2) is 58.3 Å². The molecule has 0 aliphatic carbocycles. The fourth-order valence-corrected chi connectivity index (χ4v) is 5.04. The molecule has 0 radical (unpaired) electrons. The Bertz CT molecular complexity index is 1640. The number of ether oxygens (including phenoxy) is 1. The van der Waals surface area contributed by atoms with E-state index >= 15 is 0 Å². The zero-order valence-corrected chi connectivity index (χ0v) is 28.9. The Labute approximate surface area is 297 Å². The molecule has 0 amide bonds. The largest absolute Gasteiger partial charge is 0.478 e. The van der Waals surface area contributed by atoms with Crippen LogP contribution < -0.4 is 11.5 Å². The molecule has 0 saturated carbocycles. The molecule has 5 rings (SSSR count). The van der Waals surface area contributed by atoms with E-state index in [2.05, 4.69) is 70.5 Å². The van der Waals surface area contributed by atoms with Crippen molar-refractivity contribution in [3.8, 4) is 0 Å². The first-order valence-electron chi connectivity index (χ1n) is 15.3. The Morgan fingerprint density at radius 1 is 0.918 bits per heavy atom. The quantitative estimate of drug-likeness (QED) is 0.0942. The maximum atomic E-state index is 9.55. The smallest absolute Gasteiger partial charge is 0.328 e. The van der Waals surface area contributed by atoms with Crippen LogP contribution in [0.3, 0.4) is 0 Å². The van der Waals surface area contributed by atoms with E-state index in [4.69, 9.17) is 38.0 Å². The monoisotopic (exact) mass is 708 g/mol. The normalized spacial score (nSPS) is 15.3. The van der Waals surface area contributed by atoms with Crippen molar-refractivity contribution < 1.29 is 24.5 Å². The van der Waals surface area contributed by atoms with E-state index < -0.39 is 17.5 Å². The van der Waals surface area contributed by atoms with Crippen LogP contribution in [0.1, 0.15) is 37.3 Å². The van der Waals surface area contributed by atoms with Gasteiger partial charge in [0.15, 0.2) is 5.82 Å². The number of aliphatic carboxylic acids is 2. The van der Waals surface area contributed by atoms with Crippen LogP contribution in [0.2, 0.25) is 5.02 Å². The third-order valence-corrected chi connectivity index (χ3v) is 7.81. The van der Waals surface area contributed by atoms with E-state index in [0.717, 1.165) is 29.3 Å². The van der Waals surface area contributed by atoms with Crippen molar-refractivity contribution in [3.63, 3.8) is 0 Å². The molecule has 2 unspecified atom stereocenters. The lowest BCUT2D eigenvalue weighted by atomic mass is 9.88. The fraction of sp³-hybridized carbons (Fsp3) is 0.250. The summed E-state index contributed by atoms with van der Waals surface area (Å²) in [5.74, 6) is -1.87. The first-order valence-corrected chi connectivity index (χ1v) is 15.6. The number of carbonyl (C=O) groups is 2. The second-order valence-electron chi connectivity index (χ2n) is 11.0.